The Hall–Kier alpha value is -2.67. The zero-order chi connectivity index (χ0) is 21.5. The molecule has 0 atom stereocenters. The van der Waals surface area contributed by atoms with Gasteiger partial charge in [-0.15, -0.1) is 0 Å². The molecule has 0 saturated heterocycles. The van der Waals surface area contributed by atoms with Crippen LogP contribution in [0.4, 0.5) is 24.7 Å². The predicted octanol–water partition coefficient (Wildman–Crippen LogP) is 6.03. The second kappa shape index (κ2) is 7.87. The minimum absolute atomic E-state index is 0.216. The fraction of sp³-hybridized carbons (Fsp3) is 0.318. The first-order chi connectivity index (χ1) is 14.3. The van der Waals surface area contributed by atoms with E-state index in [1.165, 1.54) is 10.7 Å². The molecule has 2 aromatic carbocycles. The number of halogens is 4. The molecule has 4 rings (SSSR count). The summed E-state index contributed by atoms with van der Waals surface area (Å²) in [6, 6.07) is 11.3. The molecule has 2 heterocycles. The number of nitrogens with zero attached hydrogens (tertiary/aromatic N) is 3. The van der Waals surface area contributed by atoms with Gasteiger partial charge in [0.05, 0.1) is 22.0 Å². The Kier molecular flexibility index (Phi) is 5.40. The van der Waals surface area contributed by atoms with Crippen molar-refractivity contribution in [3.63, 3.8) is 0 Å². The highest BCUT2D eigenvalue weighted by atomic mass is 35.5. The van der Waals surface area contributed by atoms with Crippen LogP contribution in [0.5, 0.6) is 0 Å². The van der Waals surface area contributed by atoms with Crippen molar-refractivity contribution in [2.75, 3.05) is 30.9 Å². The Labute approximate surface area is 178 Å². The van der Waals surface area contributed by atoms with Crippen LogP contribution >= 0.6 is 11.6 Å². The molecule has 158 valence electrons. The maximum Gasteiger partial charge on any atom is 0.416 e. The van der Waals surface area contributed by atoms with Crippen molar-refractivity contribution in [3.05, 3.63) is 58.6 Å². The summed E-state index contributed by atoms with van der Waals surface area (Å²) in [5.74, 6) is 0.709. The van der Waals surface area contributed by atoms with E-state index < -0.39 is 11.7 Å². The fourth-order valence-electron chi connectivity index (χ4n) is 3.68. The number of rotatable bonds is 3. The van der Waals surface area contributed by atoms with Crippen LogP contribution < -0.4 is 10.2 Å². The smallest absolute Gasteiger partial charge is 0.378 e. The van der Waals surface area contributed by atoms with Crippen LogP contribution in [0.15, 0.2) is 42.5 Å². The standard InChI is InChI=1S/C22H22ClF3N4/c1-29(2)16-9-6-14(7-10-16)20-17-5-3-4-12-27-21(17)30(28-20)19-13-15(22(24,25)26)8-11-18(19)23/h6-11,13,27H,3-5,12H2,1-2H3. The molecule has 1 aromatic heterocycles. The zero-order valence-electron chi connectivity index (χ0n) is 16.7. The van der Waals surface area contributed by atoms with Gasteiger partial charge in [-0.25, -0.2) is 4.68 Å². The molecule has 0 aliphatic carbocycles. The molecule has 0 saturated carbocycles. The summed E-state index contributed by atoms with van der Waals surface area (Å²) >= 11 is 6.31. The monoisotopic (exact) mass is 434 g/mol. The summed E-state index contributed by atoms with van der Waals surface area (Å²) in [7, 11) is 3.94. The third-order valence-corrected chi connectivity index (χ3v) is 5.61. The summed E-state index contributed by atoms with van der Waals surface area (Å²) < 4.78 is 41.4. The van der Waals surface area contributed by atoms with Crippen molar-refractivity contribution in [1.29, 1.82) is 0 Å². The van der Waals surface area contributed by atoms with E-state index in [9.17, 15) is 13.2 Å². The number of aromatic nitrogens is 2. The number of alkyl halides is 3. The predicted molar refractivity (Wildman–Crippen MR) is 115 cm³/mol. The Morgan fingerprint density at radius 1 is 1.07 bits per heavy atom. The topological polar surface area (TPSA) is 33.1 Å². The van der Waals surface area contributed by atoms with Crippen molar-refractivity contribution in [2.45, 2.75) is 25.4 Å². The van der Waals surface area contributed by atoms with E-state index in [1.807, 2.05) is 43.3 Å². The van der Waals surface area contributed by atoms with Crippen LogP contribution in [0, 0.1) is 0 Å². The van der Waals surface area contributed by atoms with E-state index in [-0.39, 0.29) is 10.7 Å². The molecule has 8 heteroatoms. The first-order valence-corrected chi connectivity index (χ1v) is 10.1. The molecule has 0 radical (unpaired) electrons. The Bertz CT molecular complexity index is 1060. The Morgan fingerprint density at radius 3 is 2.47 bits per heavy atom. The van der Waals surface area contributed by atoms with E-state index in [0.29, 0.717) is 5.82 Å². The molecule has 1 aliphatic rings. The minimum atomic E-state index is -4.46. The lowest BCUT2D eigenvalue weighted by molar-refractivity contribution is -0.137. The fourth-order valence-corrected chi connectivity index (χ4v) is 3.87. The Balaban J connectivity index is 1.88. The number of hydrogen-bond acceptors (Lipinski definition) is 3. The molecular formula is C22H22ClF3N4. The molecule has 1 aliphatic heterocycles. The average molecular weight is 435 g/mol. The Morgan fingerprint density at radius 2 is 1.80 bits per heavy atom. The van der Waals surface area contributed by atoms with Crippen LogP contribution in [-0.2, 0) is 12.6 Å². The largest absolute Gasteiger partial charge is 0.416 e. The number of hydrogen-bond donors (Lipinski definition) is 1. The summed E-state index contributed by atoms with van der Waals surface area (Å²) in [6.07, 6.45) is -1.71. The van der Waals surface area contributed by atoms with Crippen LogP contribution in [0.25, 0.3) is 16.9 Å². The third kappa shape index (κ3) is 3.86. The molecule has 4 nitrogen and oxygen atoms in total. The minimum Gasteiger partial charge on any atom is -0.378 e. The molecule has 0 amide bonds. The summed E-state index contributed by atoms with van der Waals surface area (Å²) in [4.78, 5) is 2.01. The quantitative estimate of drug-likeness (QED) is 0.546. The first kappa shape index (κ1) is 20.6. The van der Waals surface area contributed by atoms with Crippen molar-refractivity contribution in [3.8, 4) is 16.9 Å². The highest BCUT2D eigenvalue weighted by molar-refractivity contribution is 6.32. The van der Waals surface area contributed by atoms with E-state index in [1.54, 1.807) is 0 Å². The molecule has 0 unspecified atom stereocenters. The SMILES string of the molecule is CN(C)c1ccc(-c2nn(-c3cc(C(F)(F)F)ccc3Cl)c3c2CCCCN3)cc1. The lowest BCUT2D eigenvalue weighted by atomic mass is 10.0. The molecule has 0 spiro atoms. The van der Waals surface area contributed by atoms with Crippen molar-refractivity contribution in [2.24, 2.45) is 0 Å². The van der Waals surface area contributed by atoms with E-state index in [4.69, 9.17) is 16.7 Å². The summed E-state index contributed by atoms with van der Waals surface area (Å²) in [5.41, 5.74) is 3.20. The van der Waals surface area contributed by atoms with Gasteiger partial charge in [0, 0.05) is 37.5 Å². The van der Waals surface area contributed by atoms with Crippen LogP contribution in [-0.4, -0.2) is 30.4 Å². The summed E-state index contributed by atoms with van der Waals surface area (Å²) in [6.45, 7) is 0.730. The molecule has 0 bridgehead atoms. The van der Waals surface area contributed by atoms with Gasteiger partial charge in [0.25, 0.3) is 0 Å². The molecule has 0 fully saturated rings. The van der Waals surface area contributed by atoms with Crippen molar-refractivity contribution >= 4 is 23.1 Å². The van der Waals surface area contributed by atoms with Gasteiger partial charge < -0.3 is 10.2 Å². The maximum atomic E-state index is 13.3. The lowest BCUT2D eigenvalue weighted by Gasteiger charge is -2.13. The number of anilines is 2. The second-order valence-electron chi connectivity index (χ2n) is 7.58. The van der Waals surface area contributed by atoms with Gasteiger partial charge in [-0.05, 0) is 49.6 Å². The van der Waals surface area contributed by atoms with Crippen LogP contribution in [0.2, 0.25) is 5.02 Å². The van der Waals surface area contributed by atoms with E-state index >= 15 is 0 Å². The van der Waals surface area contributed by atoms with Gasteiger partial charge in [0.2, 0.25) is 0 Å². The van der Waals surface area contributed by atoms with Crippen LogP contribution in [0.3, 0.4) is 0 Å². The third-order valence-electron chi connectivity index (χ3n) is 5.29. The van der Waals surface area contributed by atoms with Gasteiger partial charge in [-0.3, -0.25) is 0 Å². The normalized spacial score (nSPS) is 14.1. The highest BCUT2D eigenvalue weighted by Gasteiger charge is 2.32. The van der Waals surface area contributed by atoms with Crippen molar-refractivity contribution < 1.29 is 13.2 Å². The second-order valence-corrected chi connectivity index (χ2v) is 7.98. The average Bonchev–Trinajstić information content (AvgIpc) is 2.88. The van der Waals surface area contributed by atoms with Gasteiger partial charge in [0.15, 0.2) is 0 Å². The number of nitrogens with one attached hydrogen (secondary N) is 1. The van der Waals surface area contributed by atoms with Crippen molar-refractivity contribution in [1.82, 2.24) is 9.78 Å². The van der Waals surface area contributed by atoms with E-state index in [2.05, 4.69) is 5.32 Å². The van der Waals surface area contributed by atoms with E-state index in [0.717, 1.165) is 60.4 Å². The van der Waals surface area contributed by atoms with Gasteiger partial charge in [-0.1, -0.05) is 23.7 Å². The molecule has 30 heavy (non-hydrogen) atoms. The number of benzene rings is 2. The highest BCUT2D eigenvalue weighted by Crippen LogP contribution is 2.38. The molecule has 3 aromatic rings. The van der Waals surface area contributed by atoms with Gasteiger partial charge >= 0.3 is 6.18 Å². The number of fused-ring (bicyclic) bond motifs is 1. The first-order valence-electron chi connectivity index (χ1n) is 9.76. The zero-order valence-corrected chi connectivity index (χ0v) is 17.5. The van der Waals surface area contributed by atoms with Gasteiger partial charge in [0.1, 0.15) is 5.82 Å². The van der Waals surface area contributed by atoms with Gasteiger partial charge in [-0.2, -0.15) is 18.3 Å². The molecular weight excluding hydrogens is 413 g/mol. The summed E-state index contributed by atoms with van der Waals surface area (Å²) in [5, 5.41) is 8.29. The lowest BCUT2D eigenvalue weighted by Crippen LogP contribution is -2.10. The molecule has 1 N–H and O–H groups in total. The van der Waals surface area contributed by atoms with Crippen LogP contribution in [0.1, 0.15) is 24.0 Å². The maximum absolute atomic E-state index is 13.3.